The summed E-state index contributed by atoms with van der Waals surface area (Å²) in [6.07, 6.45) is -5.57. The molecule has 43 heavy (non-hydrogen) atoms. The molecule has 4 heterocycles. The quantitative estimate of drug-likeness (QED) is 0.177. The molecular weight excluding hydrogens is 574 g/mol. The Bertz CT molecular complexity index is 1710. The van der Waals surface area contributed by atoms with E-state index in [1.54, 1.807) is 6.20 Å². The first-order valence-electron chi connectivity index (χ1n) is 14.1. The summed E-state index contributed by atoms with van der Waals surface area (Å²) in [6.45, 7) is 3.88. The zero-order valence-corrected chi connectivity index (χ0v) is 23.0. The molecule has 0 radical (unpaired) electrons. The largest absolute Gasteiger partial charge is 0.416 e. The summed E-state index contributed by atoms with van der Waals surface area (Å²) in [5.41, 5.74) is -4.57. The molecule has 0 aliphatic carbocycles. The number of hydrogen-bond acceptors (Lipinski definition) is 6. The van der Waals surface area contributed by atoms with Crippen LogP contribution in [0.25, 0.3) is 10.9 Å². The highest BCUT2D eigenvalue weighted by atomic mass is 19.4. The predicted octanol–water partition coefficient (Wildman–Crippen LogP) is 6.89. The smallest absolute Gasteiger partial charge is 0.372 e. The van der Waals surface area contributed by atoms with Crippen molar-refractivity contribution in [2.24, 2.45) is 11.8 Å². The van der Waals surface area contributed by atoms with E-state index in [0.29, 0.717) is 24.0 Å². The lowest BCUT2D eigenvalue weighted by atomic mass is 9.72. The number of anilines is 3. The lowest BCUT2D eigenvalue weighted by Crippen LogP contribution is -2.56. The minimum atomic E-state index is -5.06. The number of nitrogens with zero attached hydrogens (tertiary/aromatic N) is 2. The summed E-state index contributed by atoms with van der Waals surface area (Å²) in [6, 6.07) is 9.70. The van der Waals surface area contributed by atoms with Gasteiger partial charge in [-0.25, -0.2) is 0 Å². The molecule has 0 saturated carbocycles. The molecule has 2 N–H and O–H groups in total. The third-order valence-corrected chi connectivity index (χ3v) is 8.93. The molecule has 3 aliphatic rings. The third kappa shape index (κ3) is 5.37. The fraction of sp³-hybridized carbons (Fsp3) is 0.387. The van der Waals surface area contributed by atoms with E-state index in [1.165, 1.54) is 0 Å². The molecule has 5 atom stereocenters. The molecule has 6 nitrogen and oxygen atoms in total. The SMILES string of the molecule is CCC1CN2CCC1C[C@H]2C(Nc1c(Nc2cc(C(F)(F)F)cc(C(F)(F)F)c2)c(=O)c1=O)c1ccnc2ccccc12. The highest BCUT2D eigenvalue weighted by Crippen LogP contribution is 2.44. The van der Waals surface area contributed by atoms with Crippen LogP contribution in [0.15, 0.2) is 64.3 Å². The van der Waals surface area contributed by atoms with E-state index in [4.69, 9.17) is 0 Å². The first-order valence-corrected chi connectivity index (χ1v) is 14.1. The van der Waals surface area contributed by atoms with Gasteiger partial charge in [0, 0.05) is 29.9 Å². The number of para-hydroxylation sites is 1. The van der Waals surface area contributed by atoms with Crippen molar-refractivity contribution in [2.45, 2.75) is 50.6 Å². The molecule has 4 unspecified atom stereocenters. The summed E-state index contributed by atoms with van der Waals surface area (Å²) < 4.78 is 80.7. The van der Waals surface area contributed by atoms with E-state index in [-0.39, 0.29) is 23.5 Å². The zero-order valence-electron chi connectivity index (χ0n) is 23.0. The number of halogens is 6. The maximum absolute atomic E-state index is 13.5. The second kappa shape index (κ2) is 10.7. The van der Waals surface area contributed by atoms with Gasteiger partial charge in [0.25, 0.3) is 10.9 Å². The van der Waals surface area contributed by atoms with Gasteiger partial charge >= 0.3 is 12.4 Å². The number of benzene rings is 2. The second-order valence-corrected chi connectivity index (χ2v) is 11.4. The fourth-order valence-electron chi connectivity index (χ4n) is 6.73. The number of fused-ring (bicyclic) bond motifs is 4. The van der Waals surface area contributed by atoms with Crippen molar-refractivity contribution in [3.63, 3.8) is 0 Å². The summed E-state index contributed by atoms with van der Waals surface area (Å²) >= 11 is 0. The Hall–Kier alpha value is -3.93. The zero-order chi connectivity index (χ0) is 30.7. The normalized spacial score (nSPS) is 23.0. The van der Waals surface area contributed by atoms with Crippen LogP contribution in [-0.4, -0.2) is 29.0 Å². The molecule has 3 aliphatic heterocycles. The van der Waals surface area contributed by atoms with Crippen LogP contribution in [0.3, 0.4) is 0 Å². The minimum Gasteiger partial charge on any atom is -0.372 e. The Morgan fingerprint density at radius 1 is 0.953 bits per heavy atom. The maximum Gasteiger partial charge on any atom is 0.416 e. The monoisotopic (exact) mass is 602 g/mol. The van der Waals surface area contributed by atoms with Crippen molar-refractivity contribution in [3.05, 3.63) is 91.9 Å². The topological polar surface area (TPSA) is 74.3 Å². The standard InChI is InChI=1S/C31H28F6N4O2/c1-2-16-15-41-10-8-17(16)11-24(41)25(22-7-9-38-23-6-4-3-5-21(22)23)40-27-26(28(42)29(27)43)39-20-13-18(30(32,33)34)12-19(14-20)31(35,36)37/h3-7,9,12-14,16-17,24-25,39-40H,2,8,10-11,15H2,1H3/t16?,17?,24-,25?/m0/s1. The van der Waals surface area contributed by atoms with Crippen molar-refractivity contribution in [1.82, 2.24) is 9.88 Å². The van der Waals surface area contributed by atoms with Gasteiger partial charge in [-0.1, -0.05) is 31.5 Å². The van der Waals surface area contributed by atoms with Crippen molar-refractivity contribution >= 4 is 28.0 Å². The van der Waals surface area contributed by atoms with Gasteiger partial charge in [-0.05, 0) is 67.1 Å². The number of aromatic nitrogens is 1. The van der Waals surface area contributed by atoms with Crippen molar-refractivity contribution in [2.75, 3.05) is 23.7 Å². The summed E-state index contributed by atoms with van der Waals surface area (Å²) in [5, 5.41) is 6.46. The van der Waals surface area contributed by atoms with E-state index in [2.05, 4.69) is 27.4 Å². The van der Waals surface area contributed by atoms with Gasteiger partial charge in [0.15, 0.2) is 0 Å². The number of pyridine rings is 1. The average molecular weight is 603 g/mol. The van der Waals surface area contributed by atoms with E-state index >= 15 is 0 Å². The van der Waals surface area contributed by atoms with Crippen molar-refractivity contribution in [1.29, 1.82) is 0 Å². The first-order chi connectivity index (χ1) is 20.3. The van der Waals surface area contributed by atoms with Gasteiger partial charge in [0.05, 0.1) is 22.7 Å². The number of rotatable bonds is 7. The predicted molar refractivity (Wildman–Crippen MR) is 151 cm³/mol. The molecule has 0 amide bonds. The fourth-order valence-corrected chi connectivity index (χ4v) is 6.73. The van der Waals surface area contributed by atoms with Gasteiger partial charge in [0.1, 0.15) is 11.4 Å². The van der Waals surface area contributed by atoms with Gasteiger partial charge in [0.2, 0.25) is 0 Å². The summed E-state index contributed by atoms with van der Waals surface area (Å²) in [7, 11) is 0. The van der Waals surface area contributed by atoms with Crippen LogP contribution in [0.1, 0.15) is 48.9 Å². The van der Waals surface area contributed by atoms with Crippen molar-refractivity contribution in [3.8, 4) is 0 Å². The average Bonchev–Trinajstić information content (AvgIpc) is 2.99. The number of nitrogens with one attached hydrogen (secondary N) is 2. The number of hydrogen-bond donors (Lipinski definition) is 2. The van der Waals surface area contributed by atoms with E-state index < -0.39 is 46.1 Å². The molecule has 12 heteroatoms. The molecular formula is C31H28F6N4O2. The molecule has 0 spiro atoms. The Kier molecular flexibility index (Phi) is 7.22. The van der Waals surface area contributed by atoms with Gasteiger partial charge in [-0.3, -0.25) is 19.5 Å². The van der Waals surface area contributed by atoms with E-state index in [9.17, 15) is 35.9 Å². The Labute approximate surface area is 242 Å². The van der Waals surface area contributed by atoms with E-state index in [0.717, 1.165) is 48.8 Å². The molecule has 2 bridgehead atoms. The molecule has 3 aromatic carbocycles. The minimum absolute atomic E-state index is 0.00712. The van der Waals surface area contributed by atoms with Gasteiger partial charge in [-0.15, -0.1) is 0 Å². The molecule has 3 fully saturated rings. The third-order valence-electron chi connectivity index (χ3n) is 8.93. The Balaban J connectivity index is 1.40. The second-order valence-electron chi connectivity index (χ2n) is 11.4. The van der Waals surface area contributed by atoms with Gasteiger partial charge in [-0.2, -0.15) is 26.3 Å². The highest BCUT2D eigenvalue weighted by molar-refractivity contribution is 5.84. The number of alkyl halides is 6. The van der Waals surface area contributed by atoms with Gasteiger partial charge < -0.3 is 10.6 Å². The van der Waals surface area contributed by atoms with Crippen LogP contribution in [0.2, 0.25) is 0 Å². The Morgan fingerprint density at radius 2 is 1.63 bits per heavy atom. The van der Waals surface area contributed by atoms with E-state index in [1.807, 2.05) is 30.3 Å². The molecule has 226 valence electrons. The van der Waals surface area contributed by atoms with Crippen LogP contribution < -0.4 is 21.5 Å². The molecule has 4 aromatic rings. The van der Waals surface area contributed by atoms with Crippen LogP contribution in [0, 0.1) is 11.8 Å². The Morgan fingerprint density at radius 3 is 2.26 bits per heavy atom. The molecule has 1 aromatic heterocycles. The summed E-state index contributed by atoms with van der Waals surface area (Å²) in [4.78, 5) is 32.4. The number of piperidine rings is 3. The highest BCUT2D eigenvalue weighted by Gasteiger charge is 2.44. The van der Waals surface area contributed by atoms with Crippen molar-refractivity contribution < 1.29 is 26.3 Å². The molecule has 3 saturated heterocycles. The molecule has 7 rings (SSSR count). The van der Waals surface area contributed by atoms with Crippen LogP contribution >= 0.6 is 0 Å². The lowest BCUT2D eigenvalue weighted by Gasteiger charge is -2.52. The first kappa shape index (κ1) is 29.2. The summed E-state index contributed by atoms with van der Waals surface area (Å²) in [5.74, 6) is 1.00. The maximum atomic E-state index is 13.5. The van der Waals surface area contributed by atoms with Crippen LogP contribution in [-0.2, 0) is 12.4 Å². The van der Waals surface area contributed by atoms with Crippen LogP contribution in [0.5, 0.6) is 0 Å². The lowest BCUT2D eigenvalue weighted by molar-refractivity contribution is -0.143. The van der Waals surface area contributed by atoms with Crippen LogP contribution in [0.4, 0.5) is 43.4 Å².